The number of thiophene rings is 1. The molecule has 0 fully saturated rings. The van der Waals surface area contributed by atoms with Crippen LogP contribution in [0.25, 0.3) is 0 Å². The number of hydrogen-bond acceptors (Lipinski definition) is 5. The minimum absolute atomic E-state index is 0.157. The van der Waals surface area contributed by atoms with Gasteiger partial charge in [0.05, 0.1) is 6.42 Å². The topological polar surface area (TPSA) is 64.9 Å². The maximum absolute atomic E-state index is 5.53. The van der Waals surface area contributed by atoms with Gasteiger partial charge in [-0.25, -0.2) is 0 Å². The highest BCUT2D eigenvalue weighted by Gasteiger charge is 2.12. The first-order chi connectivity index (χ1) is 7.29. The van der Waals surface area contributed by atoms with Gasteiger partial charge in [-0.15, -0.1) is 0 Å². The molecule has 2 aromatic heterocycles. The van der Waals surface area contributed by atoms with Crippen LogP contribution in [0.4, 0.5) is 0 Å². The standard InChI is InChI=1S/C10H13N3OS/c1-7(5-11)10-12-9(14-13-10)4-8-2-3-15-6-8/h2-3,6-7H,4-5,11H2,1H3. The van der Waals surface area contributed by atoms with Crippen molar-refractivity contribution in [2.24, 2.45) is 5.73 Å². The van der Waals surface area contributed by atoms with Gasteiger partial charge < -0.3 is 10.3 Å². The van der Waals surface area contributed by atoms with E-state index in [-0.39, 0.29) is 5.92 Å². The van der Waals surface area contributed by atoms with Gasteiger partial charge in [-0.1, -0.05) is 12.1 Å². The molecule has 2 rings (SSSR count). The van der Waals surface area contributed by atoms with E-state index in [0.717, 1.165) is 0 Å². The van der Waals surface area contributed by atoms with Gasteiger partial charge in [0.15, 0.2) is 5.82 Å². The molecule has 0 aromatic carbocycles. The van der Waals surface area contributed by atoms with Crippen LogP contribution in [-0.4, -0.2) is 16.7 Å². The average Bonchev–Trinajstić information content (AvgIpc) is 2.88. The van der Waals surface area contributed by atoms with E-state index < -0.39 is 0 Å². The lowest BCUT2D eigenvalue weighted by Crippen LogP contribution is -2.10. The first-order valence-electron chi connectivity index (χ1n) is 4.83. The summed E-state index contributed by atoms with van der Waals surface area (Å²) >= 11 is 1.67. The van der Waals surface area contributed by atoms with E-state index >= 15 is 0 Å². The molecular weight excluding hydrogens is 210 g/mol. The second kappa shape index (κ2) is 4.55. The van der Waals surface area contributed by atoms with E-state index in [1.54, 1.807) is 11.3 Å². The zero-order valence-electron chi connectivity index (χ0n) is 8.51. The molecule has 4 nitrogen and oxygen atoms in total. The molecule has 80 valence electrons. The van der Waals surface area contributed by atoms with Crippen molar-refractivity contribution < 1.29 is 4.52 Å². The number of nitrogens with zero attached hydrogens (tertiary/aromatic N) is 2. The molecule has 2 heterocycles. The smallest absolute Gasteiger partial charge is 0.231 e. The summed E-state index contributed by atoms with van der Waals surface area (Å²) in [7, 11) is 0. The van der Waals surface area contributed by atoms with Gasteiger partial charge in [0.1, 0.15) is 0 Å². The maximum atomic E-state index is 5.53. The van der Waals surface area contributed by atoms with Gasteiger partial charge in [-0.05, 0) is 22.4 Å². The molecule has 0 aliphatic rings. The fourth-order valence-electron chi connectivity index (χ4n) is 1.21. The number of rotatable bonds is 4. The molecule has 0 saturated heterocycles. The van der Waals surface area contributed by atoms with E-state index in [1.807, 2.05) is 12.3 Å². The van der Waals surface area contributed by atoms with E-state index in [4.69, 9.17) is 10.3 Å². The molecular formula is C10H13N3OS. The van der Waals surface area contributed by atoms with Crippen molar-refractivity contribution >= 4 is 11.3 Å². The third kappa shape index (κ3) is 2.43. The minimum atomic E-state index is 0.157. The Hall–Kier alpha value is -1.20. The Morgan fingerprint density at radius 3 is 3.13 bits per heavy atom. The lowest BCUT2D eigenvalue weighted by Gasteiger charge is -1.98. The van der Waals surface area contributed by atoms with Crippen LogP contribution in [0, 0.1) is 0 Å². The SMILES string of the molecule is CC(CN)c1noc(Cc2ccsc2)n1. The fraction of sp³-hybridized carbons (Fsp3) is 0.400. The van der Waals surface area contributed by atoms with Crippen LogP contribution in [-0.2, 0) is 6.42 Å². The second-order valence-corrected chi connectivity index (χ2v) is 4.27. The highest BCUT2D eigenvalue weighted by atomic mass is 32.1. The third-order valence-electron chi connectivity index (χ3n) is 2.21. The van der Waals surface area contributed by atoms with Gasteiger partial charge in [-0.3, -0.25) is 0 Å². The molecule has 2 N–H and O–H groups in total. The Bertz CT molecular complexity index is 410. The Balaban J connectivity index is 2.07. The average molecular weight is 223 g/mol. The van der Waals surface area contributed by atoms with Crippen LogP contribution in [0.5, 0.6) is 0 Å². The first kappa shape index (κ1) is 10.3. The quantitative estimate of drug-likeness (QED) is 0.858. The summed E-state index contributed by atoms with van der Waals surface area (Å²) in [5.74, 6) is 1.51. The Kier molecular flexibility index (Phi) is 3.13. The Morgan fingerprint density at radius 2 is 2.47 bits per heavy atom. The summed E-state index contributed by atoms with van der Waals surface area (Å²) in [4.78, 5) is 4.30. The predicted octanol–water partition coefficient (Wildman–Crippen LogP) is 1.78. The molecule has 0 spiro atoms. The summed E-state index contributed by atoms with van der Waals surface area (Å²) in [5.41, 5.74) is 6.73. The Morgan fingerprint density at radius 1 is 1.60 bits per heavy atom. The summed E-state index contributed by atoms with van der Waals surface area (Å²) in [6.45, 7) is 2.52. The Labute approximate surface area is 92.1 Å². The molecule has 2 aromatic rings. The summed E-state index contributed by atoms with van der Waals surface area (Å²) in [5, 5.41) is 8.02. The predicted molar refractivity (Wildman–Crippen MR) is 58.9 cm³/mol. The van der Waals surface area contributed by atoms with Crippen molar-refractivity contribution in [3.63, 3.8) is 0 Å². The van der Waals surface area contributed by atoms with Crippen LogP contribution in [0.15, 0.2) is 21.3 Å². The van der Waals surface area contributed by atoms with Crippen LogP contribution in [0.3, 0.4) is 0 Å². The zero-order chi connectivity index (χ0) is 10.7. The molecule has 1 unspecified atom stereocenters. The van der Waals surface area contributed by atoms with Crippen LogP contribution >= 0.6 is 11.3 Å². The van der Waals surface area contributed by atoms with Crippen LogP contribution < -0.4 is 5.73 Å². The van der Waals surface area contributed by atoms with Crippen molar-refractivity contribution in [2.75, 3.05) is 6.54 Å². The van der Waals surface area contributed by atoms with Crippen molar-refractivity contribution in [3.8, 4) is 0 Å². The normalized spacial score (nSPS) is 12.9. The van der Waals surface area contributed by atoms with Gasteiger partial charge >= 0.3 is 0 Å². The van der Waals surface area contributed by atoms with Gasteiger partial charge in [0.25, 0.3) is 0 Å². The maximum Gasteiger partial charge on any atom is 0.231 e. The van der Waals surface area contributed by atoms with Crippen molar-refractivity contribution in [3.05, 3.63) is 34.1 Å². The molecule has 0 amide bonds. The lowest BCUT2D eigenvalue weighted by atomic mass is 10.2. The van der Waals surface area contributed by atoms with E-state index in [0.29, 0.717) is 24.7 Å². The summed E-state index contributed by atoms with van der Waals surface area (Å²) in [6.07, 6.45) is 0.702. The monoisotopic (exact) mass is 223 g/mol. The van der Waals surface area contributed by atoms with E-state index in [1.165, 1.54) is 5.56 Å². The van der Waals surface area contributed by atoms with Gasteiger partial charge in [0.2, 0.25) is 5.89 Å². The summed E-state index contributed by atoms with van der Waals surface area (Å²) < 4.78 is 5.15. The molecule has 0 bridgehead atoms. The molecule has 0 aliphatic carbocycles. The number of hydrogen-bond donors (Lipinski definition) is 1. The van der Waals surface area contributed by atoms with E-state index in [9.17, 15) is 0 Å². The molecule has 0 radical (unpaired) electrons. The highest BCUT2D eigenvalue weighted by Crippen LogP contribution is 2.14. The van der Waals surface area contributed by atoms with Crippen molar-refractivity contribution in [1.29, 1.82) is 0 Å². The zero-order valence-corrected chi connectivity index (χ0v) is 9.33. The molecule has 1 atom stereocenters. The van der Waals surface area contributed by atoms with Gasteiger partial charge in [-0.2, -0.15) is 16.3 Å². The molecule has 15 heavy (non-hydrogen) atoms. The molecule has 0 aliphatic heterocycles. The van der Waals surface area contributed by atoms with Crippen LogP contribution in [0.2, 0.25) is 0 Å². The third-order valence-corrected chi connectivity index (χ3v) is 2.95. The molecule has 0 saturated carbocycles. The molecule has 5 heteroatoms. The van der Waals surface area contributed by atoms with E-state index in [2.05, 4.69) is 21.6 Å². The fourth-order valence-corrected chi connectivity index (χ4v) is 1.88. The van der Waals surface area contributed by atoms with Gasteiger partial charge in [0, 0.05) is 12.5 Å². The lowest BCUT2D eigenvalue weighted by molar-refractivity contribution is 0.377. The highest BCUT2D eigenvalue weighted by molar-refractivity contribution is 7.07. The summed E-state index contributed by atoms with van der Waals surface area (Å²) in [6, 6.07) is 2.06. The second-order valence-electron chi connectivity index (χ2n) is 3.49. The largest absolute Gasteiger partial charge is 0.339 e. The minimum Gasteiger partial charge on any atom is -0.339 e. The van der Waals surface area contributed by atoms with Crippen molar-refractivity contribution in [2.45, 2.75) is 19.3 Å². The number of aromatic nitrogens is 2. The van der Waals surface area contributed by atoms with Crippen molar-refractivity contribution in [1.82, 2.24) is 10.1 Å². The number of nitrogens with two attached hydrogens (primary N) is 1. The first-order valence-corrected chi connectivity index (χ1v) is 5.77. The van der Waals surface area contributed by atoms with Crippen LogP contribution in [0.1, 0.15) is 30.1 Å².